The van der Waals surface area contributed by atoms with E-state index in [1.54, 1.807) is 42.6 Å². The van der Waals surface area contributed by atoms with Gasteiger partial charge in [0, 0.05) is 43.3 Å². The molecule has 1 aromatic carbocycles. The van der Waals surface area contributed by atoms with Gasteiger partial charge in [0.05, 0.1) is 11.7 Å². The summed E-state index contributed by atoms with van der Waals surface area (Å²) < 4.78 is 5.79. The lowest BCUT2D eigenvalue weighted by Crippen LogP contribution is -2.41. The Hall–Kier alpha value is -2.77. The largest absolute Gasteiger partial charge is 0.378 e. The van der Waals surface area contributed by atoms with Crippen molar-refractivity contribution in [1.82, 2.24) is 9.88 Å². The molecule has 7 heteroatoms. The summed E-state index contributed by atoms with van der Waals surface area (Å²) in [4.78, 5) is 30.9. The molecule has 1 fully saturated rings. The van der Waals surface area contributed by atoms with E-state index in [0.29, 0.717) is 43.1 Å². The van der Waals surface area contributed by atoms with E-state index in [4.69, 9.17) is 10.5 Å². The van der Waals surface area contributed by atoms with E-state index in [1.807, 2.05) is 4.90 Å². The third kappa shape index (κ3) is 5.37. The Balaban J connectivity index is 1.56. The number of piperidine rings is 1. The molecule has 1 aliphatic heterocycles. The van der Waals surface area contributed by atoms with Gasteiger partial charge in [-0.25, -0.2) is 0 Å². The number of nitrogens with two attached hydrogens (primary N) is 1. The molecule has 0 atom stereocenters. The van der Waals surface area contributed by atoms with Crippen molar-refractivity contribution in [3.63, 3.8) is 0 Å². The van der Waals surface area contributed by atoms with Crippen molar-refractivity contribution < 1.29 is 14.3 Å². The fraction of sp³-hybridized carbons (Fsp3) is 0.381. The monoisotopic (exact) mass is 382 g/mol. The minimum Gasteiger partial charge on any atom is -0.378 e. The number of nitrogens with one attached hydrogen (secondary N) is 1. The van der Waals surface area contributed by atoms with Gasteiger partial charge in [0.15, 0.2) is 0 Å². The third-order valence-electron chi connectivity index (χ3n) is 4.72. The standard InChI is InChI=1S/C21H26N4O3/c22-9-3-13-28-19-7-11-25(12-8-19)21(27)16-4-1-6-18(14-16)24-20(26)17-5-2-10-23-15-17/h1-2,4-6,10,14-15,19H,3,7-9,11-13,22H2,(H,24,26). The van der Waals surface area contributed by atoms with Gasteiger partial charge in [-0.1, -0.05) is 6.07 Å². The molecule has 3 rings (SSSR count). The van der Waals surface area contributed by atoms with Crippen LogP contribution in [0, 0.1) is 0 Å². The van der Waals surface area contributed by atoms with Crippen LogP contribution in [0.25, 0.3) is 0 Å². The Bertz CT molecular complexity index is 789. The molecule has 0 spiro atoms. The second kappa shape index (κ2) is 9.96. The van der Waals surface area contributed by atoms with Crippen LogP contribution < -0.4 is 11.1 Å². The molecule has 0 unspecified atom stereocenters. The number of anilines is 1. The molecule has 148 valence electrons. The van der Waals surface area contributed by atoms with E-state index in [-0.39, 0.29) is 17.9 Å². The van der Waals surface area contributed by atoms with Gasteiger partial charge in [-0.15, -0.1) is 0 Å². The van der Waals surface area contributed by atoms with Crippen LogP contribution in [0.2, 0.25) is 0 Å². The van der Waals surface area contributed by atoms with Crippen LogP contribution in [-0.4, -0.2) is 54.0 Å². The normalized spacial score (nSPS) is 14.7. The second-order valence-corrected chi connectivity index (χ2v) is 6.78. The van der Waals surface area contributed by atoms with Gasteiger partial charge in [0.2, 0.25) is 0 Å². The van der Waals surface area contributed by atoms with Crippen molar-refractivity contribution in [1.29, 1.82) is 0 Å². The molecule has 7 nitrogen and oxygen atoms in total. The SMILES string of the molecule is NCCCOC1CCN(C(=O)c2cccc(NC(=O)c3cccnc3)c2)CC1. The highest BCUT2D eigenvalue weighted by molar-refractivity contribution is 6.04. The van der Waals surface area contributed by atoms with Crippen molar-refractivity contribution in [2.45, 2.75) is 25.4 Å². The molecule has 1 aliphatic rings. The van der Waals surface area contributed by atoms with Gasteiger partial charge in [-0.2, -0.15) is 0 Å². The Labute approximate surface area is 164 Å². The Morgan fingerprint density at radius 3 is 2.68 bits per heavy atom. The fourth-order valence-corrected chi connectivity index (χ4v) is 3.17. The van der Waals surface area contributed by atoms with Gasteiger partial charge >= 0.3 is 0 Å². The number of hydrogen-bond donors (Lipinski definition) is 2. The van der Waals surface area contributed by atoms with E-state index in [2.05, 4.69) is 10.3 Å². The maximum atomic E-state index is 12.8. The summed E-state index contributed by atoms with van der Waals surface area (Å²) in [7, 11) is 0. The summed E-state index contributed by atoms with van der Waals surface area (Å²) in [6.45, 7) is 2.63. The number of pyridine rings is 1. The first-order valence-electron chi connectivity index (χ1n) is 9.60. The first-order valence-corrected chi connectivity index (χ1v) is 9.60. The van der Waals surface area contributed by atoms with Crippen LogP contribution in [-0.2, 0) is 4.74 Å². The zero-order chi connectivity index (χ0) is 19.8. The summed E-state index contributed by atoms with van der Waals surface area (Å²) in [5.74, 6) is -0.286. The van der Waals surface area contributed by atoms with E-state index in [9.17, 15) is 9.59 Å². The van der Waals surface area contributed by atoms with Crippen LogP contribution in [0.4, 0.5) is 5.69 Å². The van der Waals surface area contributed by atoms with Crippen molar-refractivity contribution in [3.8, 4) is 0 Å². The number of nitrogens with zero attached hydrogens (tertiary/aromatic N) is 2. The molecule has 0 saturated carbocycles. The molecule has 0 bridgehead atoms. The zero-order valence-corrected chi connectivity index (χ0v) is 15.8. The predicted molar refractivity (Wildman–Crippen MR) is 107 cm³/mol. The minimum absolute atomic E-state index is 0.0297. The summed E-state index contributed by atoms with van der Waals surface area (Å²) >= 11 is 0. The van der Waals surface area contributed by atoms with Gasteiger partial charge in [-0.3, -0.25) is 14.6 Å². The number of carbonyl (C=O) groups excluding carboxylic acids is 2. The van der Waals surface area contributed by atoms with Gasteiger partial charge < -0.3 is 20.7 Å². The number of benzene rings is 1. The molecule has 1 aromatic heterocycles. The van der Waals surface area contributed by atoms with Gasteiger partial charge in [0.1, 0.15) is 0 Å². The summed E-state index contributed by atoms with van der Waals surface area (Å²) in [6, 6.07) is 10.4. The summed E-state index contributed by atoms with van der Waals surface area (Å²) in [5, 5.41) is 2.81. The number of aromatic nitrogens is 1. The molecular formula is C21H26N4O3. The molecule has 2 heterocycles. The van der Waals surface area contributed by atoms with Crippen LogP contribution in [0.15, 0.2) is 48.8 Å². The quantitative estimate of drug-likeness (QED) is 0.716. The van der Waals surface area contributed by atoms with Crippen LogP contribution in [0.3, 0.4) is 0 Å². The predicted octanol–water partition coefficient (Wildman–Crippen LogP) is 2.30. The smallest absolute Gasteiger partial charge is 0.257 e. The molecule has 0 radical (unpaired) electrons. The number of carbonyl (C=O) groups is 2. The van der Waals surface area contributed by atoms with E-state index in [1.165, 1.54) is 6.20 Å². The molecule has 2 aromatic rings. The minimum atomic E-state index is -0.256. The lowest BCUT2D eigenvalue weighted by molar-refractivity contribution is 0.00844. The molecular weight excluding hydrogens is 356 g/mol. The fourth-order valence-electron chi connectivity index (χ4n) is 3.17. The van der Waals surface area contributed by atoms with Crippen molar-refractivity contribution in [2.24, 2.45) is 5.73 Å². The number of hydrogen-bond acceptors (Lipinski definition) is 5. The highest BCUT2D eigenvalue weighted by Gasteiger charge is 2.24. The number of amides is 2. The highest BCUT2D eigenvalue weighted by atomic mass is 16.5. The topological polar surface area (TPSA) is 97.5 Å². The number of ether oxygens (including phenoxy) is 1. The Morgan fingerprint density at radius 2 is 1.96 bits per heavy atom. The van der Waals surface area contributed by atoms with Crippen LogP contribution >= 0.6 is 0 Å². The summed E-state index contributed by atoms with van der Waals surface area (Å²) in [5.41, 5.74) is 7.10. The molecule has 0 aliphatic carbocycles. The number of likely N-dealkylation sites (tertiary alicyclic amines) is 1. The molecule has 2 amide bonds. The lowest BCUT2D eigenvalue weighted by Gasteiger charge is -2.32. The third-order valence-corrected chi connectivity index (χ3v) is 4.72. The van der Waals surface area contributed by atoms with E-state index < -0.39 is 0 Å². The zero-order valence-electron chi connectivity index (χ0n) is 15.8. The van der Waals surface area contributed by atoms with Crippen LogP contribution in [0.1, 0.15) is 40.0 Å². The lowest BCUT2D eigenvalue weighted by atomic mass is 10.1. The first-order chi connectivity index (χ1) is 13.7. The van der Waals surface area contributed by atoms with Crippen molar-refractivity contribution in [3.05, 3.63) is 59.9 Å². The van der Waals surface area contributed by atoms with E-state index >= 15 is 0 Å². The van der Waals surface area contributed by atoms with Crippen LogP contribution in [0.5, 0.6) is 0 Å². The van der Waals surface area contributed by atoms with Crippen molar-refractivity contribution >= 4 is 17.5 Å². The Morgan fingerprint density at radius 1 is 1.18 bits per heavy atom. The average Bonchev–Trinajstić information content (AvgIpc) is 2.75. The van der Waals surface area contributed by atoms with E-state index in [0.717, 1.165) is 19.3 Å². The second-order valence-electron chi connectivity index (χ2n) is 6.78. The molecule has 28 heavy (non-hydrogen) atoms. The maximum absolute atomic E-state index is 12.8. The van der Waals surface area contributed by atoms with Gasteiger partial charge in [0.25, 0.3) is 11.8 Å². The molecule has 1 saturated heterocycles. The molecule has 3 N–H and O–H groups in total. The first kappa shape index (κ1) is 20.0. The maximum Gasteiger partial charge on any atom is 0.257 e. The average molecular weight is 382 g/mol. The summed E-state index contributed by atoms with van der Waals surface area (Å²) in [6.07, 6.45) is 5.82. The van der Waals surface area contributed by atoms with Crippen molar-refractivity contribution in [2.75, 3.05) is 31.6 Å². The van der Waals surface area contributed by atoms with Gasteiger partial charge in [-0.05, 0) is 56.1 Å². The Kier molecular flexibility index (Phi) is 7.11. The highest BCUT2D eigenvalue weighted by Crippen LogP contribution is 2.19. The number of rotatable bonds is 7.